The SMILES string of the molecule is COc1ccccc1-c1cc(CSc2nn(-c3ccc(Cl)cc3)c(=S)s2)on1. The molecule has 0 aliphatic rings. The standard InChI is InChI=1S/C19H14ClN3O2S3/c1-24-17-5-3-2-4-15(17)16-10-14(25-22-16)11-27-18-21-23(19(26)28-18)13-8-6-12(20)7-9-13/h2-10H,11H2,1H3. The number of halogens is 1. The largest absolute Gasteiger partial charge is 0.496 e. The minimum Gasteiger partial charge on any atom is -0.496 e. The molecule has 142 valence electrons. The summed E-state index contributed by atoms with van der Waals surface area (Å²) < 4.78 is 14.1. The molecule has 0 atom stereocenters. The zero-order chi connectivity index (χ0) is 19.5. The zero-order valence-corrected chi connectivity index (χ0v) is 17.9. The highest BCUT2D eigenvalue weighted by Gasteiger charge is 2.13. The first-order valence-corrected chi connectivity index (χ1v) is 10.8. The maximum atomic E-state index is 5.95. The summed E-state index contributed by atoms with van der Waals surface area (Å²) in [5, 5.41) is 9.43. The van der Waals surface area contributed by atoms with Crippen molar-refractivity contribution < 1.29 is 9.26 Å². The molecule has 0 saturated carbocycles. The summed E-state index contributed by atoms with van der Waals surface area (Å²) in [6.45, 7) is 0. The molecule has 0 bridgehead atoms. The Morgan fingerprint density at radius 3 is 2.79 bits per heavy atom. The lowest BCUT2D eigenvalue weighted by Gasteiger charge is -2.03. The van der Waals surface area contributed by atoms with E-state index in [0.29, 0.717) is 14.7 Å². The van der Waals surface area contributed by atoms with E-state index in [1.807, 2.05) is 54.6 Å². The van der Waals surface area contributed by atoms with Gasteiger partial charge in [-0.3, -0.25) is 0 Å². The van der Waals surface area contributed by atoms with Crippen LogP contribution in [-0.2, 0) is 5.75 Å². The fraction of sp³-hybridized carbons (Fsp3) is 0.105. The molecule has 0 fully saturated rings. The molecular weight excluding hydrogens is 434 g/mol. The lowest BCUT2D eigenvalue weighted by atomic mass is 10.1. The number of rotatable bonds is 6. The summed E-state index contributed by atoms with van der Waals surface area (Å²) >= 11 is 14.4. The number of nitrogens with zero attached hydrogens (tertiary/aromatic N) is 3. The Bertz CT molecular complexity index is 1150. The second-order valence-electron chi connectivity index (χ2n) is 5.69. The first-order valence-electron chi connectivity index (χ1n) is 8.22. The highest BCUT2D eigenvalue weighted by atomic mass is 35.5. The molecule has 0 unspecified atom stereocenters. The van der Waals surface area contributed by atoms with Gasteiger partial charge in [0, 0.05) is 16.7 Å². The lowest BCUT2D eigenvalue weighted by molar-refractivity contribution is 0.395. The van der Waals surface area contributed by atoms with E-state index in [2.05, 4.69) is 10.3 Å². The average molecular weight is 448 g/mol. The molecule has 9 heteroatoms. The predicted molar refractivity (Wildman–Crippen MR) is 115 cm³/mol. The van der Waals surface area contributed by atoms with Crippen LogP contribution in [0.15, 0.2) is 63.5 Å². The lowest BCUT2D eigenvalue weighted by Crippen LogP contribution is -1.95. The Morgan fingerprint density at radius 2 is 2.00 bits per heavy atom. The van der Waals surface area contributed by atoms with Crippen molar-refractivity contribution in [3.05, 3.63) is 69.3 Å². The molecule has 2 aromatic carbocycles. The van der Waals surface area contributed by atoms with Crippen LogP contribution in [0.3, 0.4) is 0 Å². The van der Waals surface area contributed by atoms with Gasteiger partial charge in [0.15, 0.2) is 8.29 Å². The van der Waals surface area contributed by atoms with E-state index in [1.165, 1.54) is 11.3 Å². The fourth-order valence-corrected chi connectivity index (χ4v) is 4.92. The third-order valence-corrected chi connectivity index (χ3v) is 6.52. The van der Waals surface area contributed by atoms with Crippen LogP contribution in [0.1, 0.15) is 5.76 Å². The van der Waals surface area contributed by atoms with Crippen LogP contribution in [-0.4, -0.2) is 22.0 Å². The molecule has 0 spiro atoms. The maximum absolute atomic E-state index is 5.95. The number of methoxy groups -OCH3 is 1. The molecular formula is C19H14ClN3O2S3. The van der Waals surface area contributed by atoms with Gasteiger partial charge in [-0.1, -0.05) is 52.0 Å². The Balaban J connectivity index is 1.49. The van der Waals surface area contributed by atoms with Crippen LogP contribution in [0.5, 0.6) is 5.75 Å². The van der Waals surface area contributed by atoms with Gasteiger partial charge in [-0.25, -0.2) is 4.68 Å². The number of para-hydroxylation sites is 1. The van der Waals surface area contributed by atoms with Crippen molar-refractivity contribution in [1.82, 2.24) is 14.9 Å². The number of hydrogen-bond acceptors (Lipinski definition) is 7. The van der Waals surface area contributed by atoms with Gasteiger partial charge in [0.25, 0.3) is 0 Å². The maximum Gasteiger partial charge on any atom is 0.184 e. The monoisotopic (exact) mass is 447 g/mol. The second-order valence-corrected chi connectivity index (χ2v) is 8.97. The topological polar surface area (TPSA) is 53.1 Å². The highest BCUT2D eigenvalue weighted by molar-refractivity contribution is 8.00. The van der Waals surface area contributed by atoms with Gasteiger partial charge in [0.2, 0.25) is 0 Å². The van der Waals surface area contributed by atoms with E-state index in [1.54, 1.807) is 23.6 Å². The molecule has 4 rings (SSSR count). The zero-order valence-electron chi connectivity index (χ0n) is 14.7. The number of benzene rings is 2. The first-order chi connectivity index (χ1) is 13.6. The van der Waals surface area contributed by atoms with E-state index in [4.69, 9.17) is 33.1 Å². The van der Waals surface area contributed by atoms with Gasteiger partial charge in [0.05, 0.1) is 18.6 Å². The third kappa shape index (κ3) is 4.15. The van der Waals surface area contributed by atoms with Gasteiger partial charge < -0.3 is 9.26 Å². The van der Waals surface area contributed by atoms with E-state index in [9.17, 15) is 0 Å². The molecule has 0 radical (unpaired) electrons. The summed E-state index contributed by atoms with van der Waals surface area (Å²) in [6, 6.07) is 17.0. The normalized spacial score (nSPS) is 10.9. The minimum absolute atomic E-state index is 0.602. The van der Waals surface area contributed by atoms with Crippen LogP contribution in [0.2, 0.25) is 5.02 Å². The van der Waals surface area contributed by atoms with E-state index < -0.39 is 0 Å². The van der Waals surface area contributed by atoms with Crippen molar-refractivity contribution in [3.8, 4) is 22.7 Å². The Labute approximate surface area is 179 Å². The molecule has 2 heterocycles. The van der Waals surface area contributed by atoms with Crippen molar-refractivity contribution in [2.75, 3.05) is 7.11 Å². The summed E-state index contributed by atoms with van der Waals surface area (Å²) in [4.78, 5) is 0. The number of ether oxygens (including phenoxy) is 1. The fourth-order valence-electron chi connectivity index (χ4n) is 2.56. The first kappa shape index (κ1) is 19.2. The van der Waals surface area contributed by atoms with E-state index in [0.717, 1.165) is 32.8 Å². The number of aromatic nitrogens is 3. The Hall–Kier alpha value is -2.13. The van der Waals surface area contributed by atoms with Crippen LogP contribution in [0.4, 0.5) is 0 Å². The molecule has 28 heavy (non-hydrogen) atoms. The van der Waals surface area contributed by atoms with Gasteiger partial charge in [-0.15, -0.1) is 5.10 Å². The van der Waals surface area contributed by atoms with Crippen molar-refractivity contribution in [2.24, 2.45) is 0 Å². The van der Waals surface area contributed by atoms with Crippen molar-refractivity contribution in [1.29, 1.82) is 0 Å². The van der Waals surface area contributed by atoms with Crippen molar-refractivity contribution in [3.63, 3.8) is 0 Å². The summed E-state index contributed by atoms with van der Waals surface area (Å²) in [6.07, 6.45) is 0. The van der Waals surface area contributed by atoms with Gasteiger partial charge in [-0.2, -0.15) is 0 Å². The molecule has 5 nitrogen and oxygen atoms in total. The molecule has 0 aliphatic carbocycles. The number of thioether (sulfide) groups is 1. The molecule has 0 N–H and O–H groups in total. The van der Waals surface area contributed by atoms with Gasteiger partial charge in [-0.05, 0) is 48.6 Å². The quantitative estimate of drug-likeness (QED) is 0.256. The molecule has 4 aromatic rings. The van der Waals surface area contributed by atoms with E-state index in [-0.39, 0.29) is 0 Å². The second kappa shape index (κ2) is 8.48. The summed E-state index contributed by atoms with van der Waals surface area (Å²) in [5.74, 6) is 2.12. The minimum atomic E-state index is 0.602. The molecule has 0 saturated heterocycles. The van der Waals surface area contributed by atoms with Crippen LogP contribution in [0.25, 0.3) is 16.9 Å². The summed E-state index contributed by atoms with van der Waals surface area (Å²) in [7, 11) is 1.64. The molecule has 0 aliphatic heterocycles. The third-order valence-electron chi connectivity index (χ3n) is 3.88. The van der Waals surface area contributed by atoms with Crippen molar-refractivity contribution >= 4 is 46.9 Å². The van der Waals surface area contributed by atoms with Crippen molar-refractivity contribution in [2.45, 2.75) is 10.1 Å². The van der Waals surface area contributed by atoms with E-state index >= 15 is 0 Å². The Kier molecular flexibility index (Phi) is 5.82. The smallest absolute Gasteiger partial charge is 0.184 e. The highest BCUT2D eigenvalue weighted by Crippen LogP contribution is 2.32. The predicted octanol–water partition coefficient (Wildman–Crippen LogP) is 6.27. The van der Waals surface area contributed by atoms with Crippen LogP contribution >= 0.6 is 46.9 Å². The van der Waals surface area contributed by atoms with Gasteiger partial charge in [0.1, 0.15) is 17.2 Å². The number of hydrogen-bond donors (Lipinski definition) is 0. The Morgan fingerprint density at radius 1 is 1.21 bits per heavy atom. The van der Waals surface area contributed by atoms with Gasteiger partial charge >= 0.3 is 0 Å². The average Bonchev–Trinajstić information content (AvgIpc) is 3.33. The van der Waals surface area contributed by atoms with Crippen LogP contribution in [0, 0.1) is 3.95 Å². The molecule has 2 aromatic heterocycles. The molecule has 0 amide bonds. The summed E-state index contributed by atoms with van der Waals surface area (Å²) in [5.41, 5.74) is 2.52. The van der Waals surface area contributed by atoms with Crippen LogP contribution < -0.4 is 4.74 Å².